The largest absolute Gasteiger partial charge is 0.508 e. The van der Waals surface area contributed by atoms with Crippen molar-refractivity contribution in [2.24, 2.45) is 0 Å². The molecular weight excluding hydrogens is 1860 g/mol. The summed E-state index contributed by atoms with van der Waals surface area (Å²) in [4.78, 5) is 53.2. The Hall–Kier alpha value is -6.72. The van der Waals surface area contributed by atoms with Gasteiger partial charge in [-0.3, -0.25) is 19.2 Å². The number of para-hydroxylation sites is 1. The third-order valence-electron chi connectivity index (χ3n) is 15.3. The van der Waals surface area contributed by atoms with Crippen LogP contribution in [0.4, 0.5) is 0 Å². The number of furan rings is 4. The molecule has 21 nitrogen and oxygen atoms in total. The normalized spacial score (nSPS) is 13.9. The van der Waals surface area contributed by atoms with E-state index in [0.29, 0.717) is 35.8 Å². The third kappa shape index (κ3) is 17.2. The minimum Gasteiger partial charge on any atom is -0.508 e. The molecule has 0 aliphatic carbocycles. The first-order valence-corrected chi connectivity index (χ1v) is 35.6. The van der Waals surface area contributed by atoms with Crippen molar-refractivity contribution in [2.75, 3.05) is 26.4 Å². The smallest absolute Gasteiger partial charge is 0.197 e. The van der Waals surface area contributed by atoms with Gasteiger partial charge in [0.15, 0.2) is 34.6 Å². The van der Waals surface area contributed by atoms with E-state index in [9.17, 15) is 85.6 Å². The van der Waals surface area contributed by atoms with E-state index in [-0.39, 0.29) is 124 Å². The molecule has 540 valence electrons. The molecule has 4 heterocycles. The number of benzene rings is 8. The molecule has 12 rings (SSSR count). The van der Waals surface area contributed by atoms with Gasteiger partial charge in [-0.1, -0.05) is 153 Å². The van der Waals surface area contributed by atoms with Gasteiger partial charge in [0.25, 0.3) is 0 Å². The summed E-state index contributed by atoms with van der Waals surface area (Å²) in [5.74, 6) is -7.01. The first kappa shape index (κ1) is 66.9. The number of carbonyl (C=O) groups excluding carboxylic acids is 4. The number of phenols is 4. The molecule has 4 atom stereocenters. The summed E-state index contributed by atoms with van der Waals surface area (Å²) in [5, 5.41) is 127. The van der Waals surface area contributed by atoms with Crippen LogP contribution in [0.1, 0.15) is 161 Å². The number of aromatic hydroxyl groups is 4. The SMILES string of the molecule is C.[2H]c1c(CO)c(O)c([2H])c2c(C(=O)c3cc(Br)c(C)c(Br)c3)c(C(O)CO)oc12.[2H]c1c(O)c(O)c([2H])c2c(C(=O)c3cc(Br)c(C)c(Br)c3)c(C(O)CO)oc12.[2H]c1c(O)c([2H])c2oc(C(O)CO)c(C(=O)c3cc(Br)c(C)c(Br)c3)c2c1[2H].[2H]c1c([2H])c([2H])c2c(C(=O)c3cc(Br)c(C)c(Br)c3)c(C(O)CO)oc2c1[2H]. The van der Waals surface area contributed by atoms with E-state index in [1.807, 2.05) is 27.7 Å². The maximum absolute atomic E-state index is 13.3. The highest BCUT2D eigenvalue weighted by molar-refractivity contribution is 9.12. The second kappa shape index (κ2) is 34.7. The van der Waals surface area contributed by atoms with Gasteiger partial charge < -0.3 is 84.1 Å². The van der Waals surface area contributed by atoms with Crippen molar-refractivity contribution < 1.29 is 118 Å². The van der Waals surface area contributed by atoms with Gasteiger partial charge in [-0.15, -0.1) is 0 Å². The lowest BCUT2D eigenvalue weighted by Gasteiger charge is -2.09. The van der Waals surface area contributed by atoms with Crippen LogP contribution < -0.4 is 0 Å². The van der Waals surface area contributed by atoms with Crippen LogP contribution in [0.25, 0.3) is 43.9 Å². The number of ketones is 4. The molecule has 0 radical (unpaired) electrons. The summed E-state index contributed by atoms with van der Waals surface area (Å²) < 4.78 is 115. The molecule has 103 heavy (non-hydrogen) atoms. The zero-order chi connectivity index (χ0) is 84.4. The van der Waals surface area contributed by atoms with Gasteiger partial charge in [0.2, 0.25) is 0 Å². The van der Waals surface area contributed by atoms with Gasteiger partial charge in [0.1, 0.15) is 81.3 Å². The Morgan fingerprint density at radius 2 is 0.641 bits per heavy atom. The molecule has 29 heteroatoms. The predicted octanol–water partition coefficient (Wildman–Crippen LogP) is 17.0. The Bertz CT molecular complexity index is 5430. The molecular formula is C74H62Br8O21. The number of rotatable bonds is 17. The molecule has 0 spiro atoms. The summed E-state index contributed by atoms with van der Waals surface area (Å²) >= 11 is 26.9. The molecule has 12 aromatic rings. The minimum absolute atomic E-state index is 0. The molecule has 0 aliphatic rings. The topological polar surface area (TPSA) is 384 Å². The second-order valence-corrected chi connectivity index (χ2v) is 28.8. The Kier molecular flexibility index (Phi) is 22.5. The van der Waals surface area contributed by atoms with Crippen molar-refractivity contribution in [3.63, 3.8) is 0 Å². The van der Waals surface area contributed by atoms with Gasteiger partial charge in [-0.05, 0) is 135 Å². The average Bonchev–Trinajstić information content (AvgIpc) is 1.60. The highest BCUT2D eigenvalue weighted by Gasteiger charge is 2.32. The predicted molar refractivity (Wildman–Crippen MR) is 412 cm³/mol. The summed E-state index contributed by atoms with van der Waals surface area (Å²) in [7, 11) is 0. The molecule has 0 saturated carbocycles. The number of halogens is 8. The molecule has 4 aromatic heterocycles. The van der Waals surface area contributed by atoms with Crippen molar-refractivity contribution in [1.82, 2.24) is 0 Å². The van der Waals surface area contributed by atoms with E-state index in [4.69, 9.17) is 32.7 Å². The van der Waals surface area contributed by atoms with Crippen LogP contribution >= 0.6 is 127 Å². The third-order valence-corrected chi connectivity index (χ3v) is 21.9. The quantitative estimate of drug-likeness (QED) is 0.0297. The molecule has 0 bridgehead atoms. The Morgan fingerprint density at radius 3 is 0.971 bits per heavy atom. The summed E-state index contributed by atoms with van der Waals surface area (Å²) in [6, 6.07) is 6.58. The lowest BCUT2D eigenvalue weighted by molar-refractivity contribution is 0.0767. The van der Waals surface area contributed by atoms with Crippen LogP contribution in [-0.2, 0) is 6.61 Å². The van der Waals surface area contributed by atoms with Crippen LogP contribution in [0.2, 0.25) is 0 Å². The van der Waals surface area contributed by atoms with Crippen LogP contribution in [-0.4, -0.2) is 116 Å². The van der Waals surface area contributed by atoms with Gasteiger partial charge in [0.05, 0.1) is 70.4 Å². The first-order chi connectivity index (χ1) is 52.9. The van der Waals surface area contributed by atoms with Crippen molar-refractivity contribution in [1.29, 1.82) is 0 Å². The maximum atomic E-state index is 13.3. The second-order valence-electron chi connectivity index (χ2n) is 22.0. The van der Waals surface area contributed by atoms with Gasteiger partial charge in [-0.2, -0.15) is 0 Å². The van der Waals surface area contributed by atoms with Crippen LogP contribution in [0, 0.1) is 27.7 Å². The van der Waals surface area contributed by atoms with Crippen LogP contribution in [0.15, 0.2) is 168 Å². The Labute approximate surface area is 669 Å². The van der Waals surface area contributed by atoms with Crippen LogP contribution in [0.3, 0.4) is 0 Å². The molecule has 0 saturated heterocycles. The van der Waals surface area contributed by atoms with E-state index >= 15 is 0 Å². The fourth-order valence-electron chi connectivity index (χ4n) is 9.77. The van der Waals surface area contributed by atoms with Crippen LogP contribution in [0.5, 0.6) is 23.0 Å². The van der Waals surface area contributed by atoms with Crippen molar-refractivity contribution >= 4 is 194 Å². The number of hydrogen-bond donors (Lipinski definition) is 13. The Morgan fingerprint density at radius 1 is 0.369 bits per heavy atom. The highest BCUT2D eigenvalue weighted by atomic mass is 79.9. The number of phenolic OH excluding ortho intramolecular Hbond substituents is 3. The molecule has 0 amide bonds. The van der Waals surface area contributed by atoms with Crippen molar-refractivity contribution in [3.8, 4) is 23.0 Å². The highest BCUT2D eigenvalue weighted by Crippen LogP contribution is 2.43. The van der Waals surface area contributed by atoms with E-state index < -0.39 is 170 Å². The van der Waals surface area contributed by atoms with E-state index in [2.05, 4.69) is 127 Å². The van der Waals surface area contributed by atoms with Gasteiger partial charge in [-0.25, -0.2) is 0 Å². The van der Waals surface area contributed by atoms with Crippen molar-refractivity contribution in [3.05, 3.63) is 246 Å². The van der Waals surface area contributed by atoms with E-state index in [1.54, 1.807) is 48.5 Å². The number of carbonyl (C=O) groups is 4. The summed E-state index contributed by atoms with van der Waals surface area (Å²) in [5.41, 5.74) is 1.89. The fraction of sp³-hybridized carbons (Fsp3) is 0.189. The lowest BCUT2D eigenvalue weighted by atomic mass is 9.97. The monoisotopic (exact) mass is 1930 g/mol. The van der Waals surface area contributed by atoms with Crippen molar-refractivity contribution in [2.45, 2.75) is 66.1 Å². The number of aliphatic hydroxyl groups is 9. The maximum Gasteiger partial charge on any atom is 0.197 e. The Balaban J connectivity index is 0.000000190. The number of fused-ring (bicyclic) bond motifs is 4. The van der Waals surface area contributed by atoms with E-state index in [0.717, 1.165) is 22.3 Å². The molecule has 13 N–H and O–H groups in total. The fourth-order valence-corrected chi connectivity index (χ4v) is 14.5. The average molecular weight is 1940 g/mol. The van der Waals surface area contributed by atoms with Gasteiger partial charge in [0, 0.05) is 97.2 Å². The number of aliphatic hydroxyl groups excluding tert-OH is 9. The standard InChI is InChI=1S/C19H16Br2O6.C18H14Br2O6.C18H14Br2O5.C18H14Br2O4.CH4/c1-8-12(20)2-9(3-13(8)21)18(26)17-11-5-14(24)10(6-22)4-16(11)27-19(17)15(25)7-23;1-7-10(19)2-8(3-11(7)20)17(25)16-9-4-12(22)13(23)5-15(9)26-18(16)14(24)6-21;1-8-12(19)4-9(5-13(8)20)17(24)16-11-3-2-10(22)6-15(11)25-18(16)14(23)7-21;1-9-12(19)6-10(7-13(9)20)17(23)16-11-4-2-3-5-15(11)24-18(16)14(22)8-21;/h2-5,15,22-25H,6-7H2,1H3;2-5,14,21-24H,6H2,1H3;2-6,14,21-23H,7H2,1H3;2-7,14,21-22H,8H2,1H3;1H4/i2*4D,5D;2D,3D,6D;2D,3D,4D,5D;. The lowest BCUT2D eigenvalue weighted by Crippen LogP contribution is -2.09. The zero-order valence-electron chi connectivity index (χ0n) is 63.6. The summed E-state index contributed by atoms with van der Waals surface area (Å²) in [6.07, 6.45) is -6.34. The van der Waals surface area contributed by atoms with Gasteiger partial charge >= 0.3 is 0 Å². The van der Waals surface area contributed by atoms with E-state index in [1.165, 1.54) is 0 Å². The summed E-state index contributed by atoms with van der Waals surface area (Å²) in [6.45, 7) is 3.57. The number of hydrogen-bond acceptors (Lipinski definition) is 21. The molecule has 8 aromatic carbocycles. The molecule has 4 unspecified atom stereocenters. The minimum atomic E-state index is -1.60. The molecule has 0 aliphatic heterocycles. The molecule has 0 fully saturated rings. The first-order valence-electron chi connectivity index (χ1n) is 34.7. The zero-order valence-corrected chi connectivity index (χ0v) is 65.3.